The minimum atomic E-state index is -4.53. The summed E-state index contributed by atoms with van der Waals surface area (Å²) in [5, 5.41) is 11.3. The third-order valence-electron chi connectivity index (χ3n) is 5.11. The Hall–Kier alpha value is -3.86. The van der Waals surface area contributed by atoms with Gasteiger partial charge in [-0.3, -0.25) is 9.78 Å². The van der Waals surface area contributed by atoms with Crippen LogP contribution in [0.15, 0.2) is 51.9 Å². The molecule has 0 unspecified atom stereocenters. The molecule has 0 saturated carbocycles. The van der Waals surface area contributed by atoms with Gasteiger partial charge in [-0.05, 0) is 44.2 Å². The number of benzene rings is 1. The predicted molar refractivity (Wildman–Crippen MR) is 119 cm³/mol. The molecule has 4 rings (SSSR count). The van der Waals surface area contributed by atoms with Crippen LogP contribution in [0.3, 0.4) is 0 Å². The summed E-state index contributed by atoms with van der Waals surface area (Å²) in [4.78, 5) is 20.6. The maximum Gasteiger partial charge on any atom is 0.406 e. The number of hydrogen-bond acceptors (Lipinski definition) is 7. The zero-order valence-electron chi connectivity index (χ0n) is 18.6. The normalized spacial score (nSPS) is 11.7. The molecule has 0 saturated heterocycles. The minimum absolute atomic E-state index is 0.129. The fourth-order valence-corrected chi connectivity index (χ4v) is 3.50. The van der Waals surface area contributed by atoms with Gasteiger partial charge in [0, 0.05) is 29.9 Å². The van der Waals surface area contributed by atoms with E-state index < -0.39 is 18.3 Å². The molecule has 0 radical (unpaired) electrons. The summed E-state index contributed by atoms with van der Waals surface area (Å²) in [5.41, 5.74) is 3.46. The molecule has 11 heteroatoms. The Morgan fingerprint density at radius 2 is 1.85 bits per heavy atom. The molecule has 1 N–H and O–H groups in total. The lowest BCUT2D eigenvalue weighted by Gasteiger charge is -2.11. The molecule has 0 aliphatic heterocycles. The largest absolute Gasteiger partial charge is 0.415 e. The van der Waals surface area contributed by atoms with Gasteiger partial charge in [-0.1, -0.05) is 12.1 Å². The summed E-state index contributed by atoms with van der Waals surface area (Å²) in [6.45, 7) is 2.98. The van der Waals surface area contributed by atoms with Gasteiger partial charge in [-0.15, -0.1) is 10.2 Å². The SMILES string of the molecule is CNCc1ccc(-c2nnc(-c3nc(-c4ccc(=O)n(CC(F)(F)F)c4)cnc3C)o2)c(C)c1. The first kappa shape index (κ1) is 23.3. The molecular weight excluding hydrogens is 449 g/mol. The van der Waals surface area contributed by atoms with E-state index in [4.69, 9.17) is 4.42 Å². The lowest BCUT2D eigenvalue weighted by atomic mass is 10.1. The zero-order valence-corrected chi connectivity index (χ0v) is 18.6. The number of pyridine rings is 1. The van der Waals surface area contributed by atoms with Crippen molar-refractivity contribution in [1.82, 2.24) is 30.0 Å². The Morgan fingerprint density at radius 1 is 1.09 bits per heavy atom. The van der Waals surface area contributed by atoms with Crippen LogP contribution in [0.1, 0.15) is 16.8 Å². The van der Waals surface area contributed by atoms with Crippen LogP contribution in [0.4, 0.5) is 13.2 Å². The number of rotatable bonds is 6. The van der Waals surface area contributed by atoms with E-state index in [2.05, 4.69) is 25.5 Å². The van der Waals surface area contributed by atoms with E-state index in [9.17, 15) is 18.0 Å². The molecule has 0 spiro atoms. The second kappa shape index (κ2) is 9.18. The molecule has 3 aromatic heterocycles. The number of nitrogens with one attached hydrogen (secondary N) is 1. The van der Waals surface area contributed by atoms with E-state index in [-0.39, 0.29) is 11.6 Å². The molecule has 0 bridgehead atoms. The molecule has 0 amide bonds. The van der Waals surface area contributed by atoms with E-state index >= 15 is 0 Å². The quantitative estimate of drug-likeness (QED) is 0.456. The highest BCUT2D eigenvalue weighted by Gasteiger charge is 2.28. The molecule has 34 heavy (non-hydrogen) atoms. The van der Waals surface area contributed by atoms with Crippen LogP contribution in [0.2, 0.25) is 0 Å². The Morgan fingerprint density at radius 3 is 2.56 bits per heavy atom. The molecule has 0 aliphatic rings. The van der Waals surface area contributed by atoms with Gasteiger partial charge in [-0.25, -0.2) is 4.98 Å². The number of nitrogens with zero attached hydrogens (tertiary/aromatic N) is 5. The fourth-order valence-electron chi connectivity index (χ4n) is 3.50. The van der Waals surface area contributed by atoms with Crippen LogP contribution in [0.25, 0.3) is 34.3 Å². The third-order valence-corrected chi connectivity index (χ3v) is 5.11. The highest BCUT2D eigenvalue weighted by Crippen LogP contribution is 2.28. The summed E-state index contributed by atoms with van der Waals surface area (Å²) in [6, 6.07) is 8.35. The Bertz CT molecular complexity index is 1390. The predicted octanol–water partition coefficient (Wildman–Crippen LogP) is 3.92. The van der Waals surface area contributed by atoms with E-state index in [1.807, 2.05) is 32.2 Å². The van der Waals surface area contributed by atoms with Gasteiger partial charge in [-0.2, -0.15) is 13.2 Å². The zero-order chi connectivity index (χ0) is 24.5. The third kappa shape index (κ3) is 5.04. The van der Waals surface area contributed by atoms with Crippen LogP contribution >= 0.6 is 0 Å². The minimum Gasteiger partial charge on any atom is -0.415 e. The summed E-state index contributed by atoms with van der Waals surface area (Å²) < 4.78 is 44.9. The van der Waals surface area contributed by atoms with Crippen LogP contribution in [-0.2, 0) is 13.1 Å². The van der Waals surface area contributed by atoms with Crippen molar-refractivity contribution in [1.29, 1.82) is 0 Å². The first-order chi connectivity index (χ1) is 16.1. The van der Waals surface area contributed by atoms with Gasteiger partial charge in [0.05, 0.1) is 17.6 Å². The van der Waals surface area contributed by atoms with Crippen molar-refractivity contribution in [2.75, 3.05) is 7.05 Å². The molecule has 0 atom stereocenters. The lowest BCUT2D eigenvalue weighted by Crippen LogP contribution is -2.27. The molecule has 176 valence electrons. The van der Waals surface area contributed by atoms with Crippen molar-refractivity contribution < 1.29 is 17.6 Å². The smallest absolute Gasteiger partial charge is 0.406 e. The van der Waals surface area contributed by atoms with Gasteiger partial charge in [0.15, 0.2) is 0 Å². The average Bonchev–Trinajstić information content (AvgIpc) is 3.25. The van der Waals surface area contributed by atoms with Crippen molar-refractivity contribution in [3.8, 4) is 34.3 Å². The maximum absolute atomic E-state index is 12.8. The molecule has 8 nitrogen and oxygen atoms in total. The lowest BCUT2D eigenvalue weighted by molar-refractivity contribution is -0.141. The monoisotopic (exact) mass is 470 g/mol. The Kier molecular flexibility index (Phi) is 6.29. The molecule has 1 aromatic carbocycles. The standard InChI is InChI=1S/C23H21F3N6O2/c1-13-8-15(9-27-3)4-6-17(13)21-30-31-22(34-21)20-14(2)28-10-18(29-20)16-5-7-19(33)32(11-16)12-23(24,25)26/h4-8,10-11,27H,9,12H2,1-3H3. The van der Waals surface area contributed by atoms with Crippen molar-refractivity contribution in [2.45, 2.75) is 33.1 Å². The van der Waals surface area contributed by atoms with Crippen LogP contribution < -0.4 is 10.9 Å². The van der Waals surface area contributed by atoms with Gasteiger partial charge >= 0.3 is 6.18 Å². The molecular formula is C23H21F3N6O2. The van der Waals surface area contributed by atoms with Crippen molar-refractivity contribution in [3.05, 3.63) is 69.9 Å². The van der Waals surface area contributed by atoms with E-state index in [1.54, 1.807) is 6.92 Å². The molecule has 4 aromatic rings. The summed E-state index contributed by atoms with van der Waals surface area (Å²) in [5.74, 6) is 0.443. The topological polar surface area (TPSA) is 98.7 Å². The summed E-state index contributed by atoms with van der Waals surface area (Å²) >= 11 is 0. The second-order valence-corrected chi connectivity index (χ2v) is 7.78. The Labute approximate surface area is 192 Å². The van der Waals surface area contributed by atoms with Crippen molar-refractivity contribution >= 4 is 0 Å². The molecule has 0 aliphatic carbocycles. The summed E-state index contributed by atoms with van der Waals surface area (Å²) in [6.07, 6.45) is -2.01. The fraction of sp³-hybridized carbons (Fsp3) is 0.261. The Balaban J connectivity index is 1.69. The number of hydrogen-bond donors (Lipinski definition) is 1. The van der Waals surface area contributed by atoms with Crippen molar-refractivity contribution in [3.63, 3.8) is 0 Å². The number of halogens is 3. The highest BCUT2D eigenvalue weighted by molar-refractivity contribution is 5.64. The summed E-state index contributed by atoms with van der Waals surface area (Å²) in [7, 11) is 1.87. The highest BCUT2D eigenvalue weighted by atomic mass is 19.4. The average molecular weight is 470 g/mol. The van der Waals surface area contributed by atoms with Gasteiger partial charge in [0.2, 0.25) is 5.89 Å². The molecule has 0 fully saturated rings. The number of aromatic nitrogens is 5. The first-order valence-corrected chi connectivity index (χ1v) is 10.3. The van der Waals surface area contributed by atoms with Gasteiger partial charge in [0.1, 0.15) is 12.2 Å². The maximum atomic E-state index is 12.8. The van der Waals surface area contributed by atoms with Gasteiger partial charge < -0.3 is 14.3 Å². The van der Waals surface area contributed by atoms with Crippen LogP contribution in [0, 0.1) is 13.8 Å². The number of alkyl halides is 3. The first-order valence-electron chi connectivity index (χ1n) is 10.3. The second-order valence-electron chi connectivity index (χ2n) is 7.78. The van der Waals surface area contributed by atoms with Gasteiger partial charge in [0.25, 0.3) is 11.4 Å². The van der Waals surface area contributed by atoms with E-state index in [0.29, 0.717) is 27.4 Å². The van der Waals surface area contributed by atoms with Crippen molar-refractivity contribution in [2.24, 2.45) is 0 Å². The van der Waals surface area contributed by atoms with E-state index in [0.717, 1.165) is 35.5 Å². The molecule has 3 heterocycles. The van der Waals surface area contributed by atoms with Crippen LogP contribution in [0.5, 0.6) is 0 Å². The number of aryl methyl sites for hydroxylation is 2. The van der Waals surface area contributed by atoms with Crippen LogP contribution in [-0.4, -0.2) is 38.0 Å². The van der Waals surface area contributed by atoms with E-state index in [1.165, 1.54) is 12.3 Å².